The Labute approximate surface area is 108 Å². The maximum absolute atomic E-state index is 11.9. The van der Waals surface area contributed by atoms with Gasteiger partial charge in [0.25, 0.3) is 0 Å². The first-order chi connectivity index (χ1) is 7.61. The molecular formula is C13H24BrNO. The highest BCUT2D eigenvalue weighted by molar-refractivity contribution is 9.10. The Bertz CT molecular complexity index is 210. The molecule has 0 bridgehead atoms. The van der Waals surface area contributed by atoms with E-state index in [1.807, 2.05) is 0 Å². The summed E-state index contributed by atoms with van der Waals surface area (Å²) in [5.74, 6) is 0.522. The minimum atomic E-state index is -0.0436. The van der Waals surface area contributed by atoms with Crippen molar-refractivity contribution in [3.05, 3.63) is 0 Å². The minimum absolute atomic E-state index is 0.0436. The summed E-state index contributed by atoms with van der Waals surface area (Å²) in [6.07, 6.45) is 8.86. The first kappa shape index (κ1) is 14.0. The molecule has 0 heterocycles. The summed E-state index contributed by atoms with van der Waals surface area (Å²) in [6, 6.07) is 0.409. The van der Waals surface area contributed by atoms with Crippen molar-refractivity contribution in [1.82, 2.24) is 5.32 Å². The summed E-state index contributed by atoms with van der Waals surface area (Å²) in [6.45, 7) is 4.13. The maximum atomic E-state index is 11.9. The number of carbonyl (C=O) groups is 1. The smallest absolute Gasteiger partial charge is 0.234 e. The van der Waals surface area contributed by atoms with E-state index in [9.17, 15) is 4.79 Å². The number of alkyl halides is 1. The molecule has 1 fully saturated rings. The van der Waals surface area contributed by atoms with Crippen LogP contribution < -0.4 is 5.32 Å². The van der Waals surface area contributed by atoms with E-state index in [1.54, 1.807) is 0 Å². The van der Waals surface area contributed by atoms with Gasteiger partial charge in [-0.05, 0) is 18.8 Å². The Balaban J connectivity index is 2.35. The Kier molecular flexibility index (Phi) is 6.40. The molecule has 0 aromatic carbocycles. The predicted octanol–water partition coefficient (Wildman–Crippen LogP) is 3.64. The molecule has 1 aliphatic carbocycles. The lowest BCUT2D eigenvalue weighted by molar-refractivity contribution is -0.121. The topological polar surface area (TPSA) is 29.1 Å². The number of rotatable bonds is 3. The van der Waals surface area contributed by atoms with Gasteiger partial charge in [-0.1, -0.05) is 61.9 Å². The monoisotopic (exact) mass is 289 g/mol. The number of nitrogens with one attached hydrogen (secondary N) is 1. The second-order valence-corrected chi connectivity index (χ2v) is 6.18. The molecule has 0 radical (unpaired) electrons. The zero-order valence-electron chi connectivity index (χ0n) is 10.5. The first-order valence-corrected chi connectivity index (χ1v) is 7.47. The van der Waals surface area contributed by atoms with Gasteiger partial charge in [0, 0.05) is 6.04 Å². The summed E-state index contributed by atoms with van der Waals surface area (Å²) >= 11 is 3.46. The van der Waals surface area contributed by atoms with E-state index in [0.717, 1.165) is 12.8 Å². The molecule has 0 aromatic rings. The molecule has 3 heteroatoms. The Hall–Kier alpha value is -0.0500. The summed E-state index contributed by atoms with van der Waals surface area (Å²) in [5.41, 5.74) is 0. The molecule has 1 saturated carbocycles. The third-order valence-corrected chi connectivity index (χ3v) is 4.76. The van der Waals surface area contributed by atoms with Gasteiger partial charge < -0.3 is 5.32 Å². The molecular weight excluding hydrogens is 266 g/mol. The number of hydrogen-bond acceptors (Lipinski definition) is 1. The molecule has 1 unspecified atom stereocenters. The van der Waals surface area contributed by atoms with Crippen LogP contribution in [0.3, 0.4) is 0 Å². The lowest BCUT2D eigenvalue weighted by atomic mass is 9.96. The zero-order valence-corrected chi connectivity index (χ0v) is 12.1. The van der Waals surface area contributed by atoms with Gasteiger partial charge in [0.15, 0.2) is 0 Å². The molecule has 1 rings (SSSR count). The summed E-state index contributed by atoms with van der Waals surface area (Å²) in [5, 5.41) is 3.18. The predicted molar refractivity (Wildman–Crippen MR) is 71.8 cm³/mol. The van der Waals surface area contributed by atoms with E-state index in [2.05, 4.69) is 35.1 Å². The van der Waals surface area contributed by atoms with Crippen molar-refractivity contribution >= 4 is 21.8 Å². The second-order valence-electron chi connectivity index (χ2n) is 5.20. The van der Waals surface area contributed by atoms with Gasteiger partial charge in [0.2, 0.25) is 5.91 Å². The molecule has 16 heavy (non-hydrogen) atoms. The summed E-state index contributed by atoms with van der Waals surface area (Å²) < 4.78 is 0. The van der Waals surface area contributed by atoms with Crippen LogP contribution in [0.1, 0.15) is 58.8 Å². The quantitative estimate of drug-likeness (QED) is 0.790. The molecule has 1 N–H and O–H groups in total. The standard InChI is InChI=1S/C13H24BrNO/c1-10(2)12(14)13(16)15-11-8-6-4-3-5-7-9-11/h10-12H,3-9H2,1-2H3,(H,15,16). The van der Waals surface area contributed by atoms with Crippen molar-refractivity contribution in [1.29, 1.82) is 0 Å². The molecule has 1 atom stereocenters. The van der Waals surface area contributed by atoms with Crippen molar-refractivity contribution in [2.24, 2.45) is 5.92 Å². The van der Waals surface area contributed by atoms with Gasteiger partial charge >= 0.3 is 0 Å². The third-order valence-electron chi connectivity index (χ3n) is 3.29. The fraction of sp³-hybridized carbons (Fsp3) is 0.923. The van der Waals surface area contributed by atoms with E-state index >= 15 is 0 Å². The van der Waals surface area contributed by atoms with Crippen molar-refractivity contribution in [3.8, 4) is 0 Å². The Morgan fingerprint density at radius 2 is 1.62 bits per heavy atom. The number of hydrogen-bond donors (Lipinski definition) is 1. The fourth-order valence-corrected chi connectivity index (χ4v) is 2.32. The van der Waals surface area contributed by atoms with Crippen molar-refractivity contribution in [3.63, 3.8) is 0 Å². The highest BCUT2D eigenvalue weighted by atomic mass is 79.9. The van der Waals surface area contributed by atoms with Crippen molar-refractivity contribution in [2.45, 2.75) is 69.7 Å². The third kappa shape index (κ3) is 4.86. The summed E-state index contributed by atoms with van der Waals surface area (Å²) in [7, 11) is 0. The summed E-state index contributed by atoms with van der Waals surface area (Å²) in [4.78, 5) is 11.8. The lowest BCUT2D eigenvalue weighted by Crippen LogP contribution is -2.41. The molecule has 0 aliphatic heterocycles. The molecule has 0 spiro atoms. The zero-order chi connectivity index (χ0) is 12.0. The van der Waals surface area contributed by atoms with Crippen LogP contribution in [-0.4, -0.2) is 16.8 Å². The van der Waals surface area contributed by atoms with Gasteiger partial charge in [-0.3, -0.25) is 4.79 Å². The molecule has 94 valence electrons. The van der Waals surface area contributed by atoms with E-state index in [0.29, 0.717) is 12.0 Å². The lowest BCUT2D eigenvalue weighted by Gasteiger charge is -2.23. The van der Waals surface area contributed by atoms with E-state index in [4.69, 9.17) is 0 Å². The van der Waals surface area contributed by atoms with Crippen LogP contribution in [0.2, 0.25) is 0 Å². The van der Waals surface area contributed by atoms with E-state index in [-0.39, 0.29) is 10.7 Å². The second kappa shape index (κ2) is 7.31. The van der Waals surface area contributed by atoms with Crippen LogP contribution in [0.25, 0.3) is 0 Å². The normalized spacial score (nSPS) is 21.2. The average Bonchev–Trinajstić information content (AvgIpc) is 2.20. The van der Waals surface area contributed by atoms with Crippen LogP contribution in [0.4, 0.5) is 0 Å². The molecule has 1 aliphatic rings. The maximum Gasteiger partial charge on any atom is 0.234 e. The fourth-order valence-electron chi connectivity index (χ4n) is 2.18. The number of carbonyl (C=O) groups excluding carboxylic acids is 1. The van der Waals surface area contributed by atoms with Crippen molar-refractivity contribution < 1.29 is 4.79 Å². The largest absolute Gasteiger partial charge is 0.352 e. The van der Waals surface area contributed by atoms with Crippen LogP contribution in [0.15, 0.2) is 0 Å². The number of halogens is 1. The van der Waals surface area contributed by atoms with Gasteiger partial charge in [0.1, 0.15) is 0 Å². The van der Waals surface area contributed by atoms with Crippen LogP contribution in [-0.2, 0) is 4.79 Å². The molecule has 1 amide bonds. The highest BCUT2D eigenvalue weighted by Crippen LogP contribution is 2.18. The van der Waals surface area contributed by atoms with Gasteiger partial charge in [0.05, 0.1) is 4.83 Å². The molecule has 0 saturated heterocycles. The van der Waals surface area contributed by atoms with Crippen LogP contribution in [0, 0.1) is 5.92 Å². The highest BCUT2D eigenvalue weighted by Gasteiger charge is 2.21. The average molecular weight is 290 g/mol. The van der Waals surface area contributed by atoms with E-state index in [1.165, 1.54) is 32.1 Å². The molecule has 0 aromatic heterocycles. The Morgan fingerprint density at radius 3 is 2.12 bits per heavy atom. The van der Waals surface area contributed by atoms with Crippen LogP contribution >= 0.6 is 15.9 Å². The first-order valence-electron chi connectivity index (χ1n) is 6.55. The van der Waals surface area contributed by atoms with Crippen LogP contribution in [0.5, 0.6) is 0 Å². The Morgan fingerprint density at radius 1 is 1.12 bits per heavy atom. The molecule has 2 nitrogen and oxygen atoms in total. The minimum Gasteiger partial charge on any atom is -0.352 e. The number of amides is 1. The van der Waals surface area contributed by atoms with Gasteiger partial charge in [-0.2, -0.15) is 0 Å². The van der Waals surface area contributed by atoms with Gasteiger partial charge in [-0.15, -0.1) is 0 Å². The van der Waals surface area contributed by atoms with Gasteiger partial charge in [-0.25, -0.2) is 0 Å². The SMILES string of the molecule is CC(C)C(Br)C(=O)NC1CCCCCCC1. The van der Waals surface area contributed by atoms with E-state index < -0.39 is 0 Å². The van der Waals surface area contributed by atoms with Crippen molar-refractivity contribution in [2.75, 3.05) is 0 Å².